The van der Waals surface area contributed by atoms with Gasteiger partial charge in [-0.3, -0.25) is 10.1 Å². The summed E-state index contributed by atoms with van der Waals surface area (Å²) in [5, 5.41) is 10.5. The van der Waals surface area contributed by atoms with Crippen molar-refractivity contribution in [1.82, 2.24) is 0 Å². The van der Waals surface area contributed by atoms with Crippen LogP contribution in [0.25, 0.3) is 0 Å². The third-order valence-corrected chi connectivity index (χ3v) is 3.56. The average Bonchev–Trinajstić information content (AvgIpc) is 2.49. The molecule has 1 heterocycles. The summed E-state index contributed by atoms with van der Waals surface area (Å²) in [6, 6.07) is 1.95. The smallest absolute Gasteiger partial charge is 0.312 e. The summed E-state index contributed by atoms with van der Waals surface area (Å²) in [6.45, 7) is 2.40. The summed E-state index contributed by atoms with van der Waals surface area (Å²) < 4.78 is 29.8. The summed E-state index contributed by atoms with van der Waals surface area (Å²) in [4.78, 5) is 10.3. The molecule has 2 rings (SSSR count). The molecule has 0 radical (unpaired) electrons. The lowest BCUT2D eigenvalue weighted by atomic mass is 10.2. The van der Waals surface area contributed by atoms with Gasteiger partial charge in [0.25, 0.3) is 0 Å². The highest BCUT2D eigenvalue weighted by Crippen LogP contribution is 2.36. The summed E-state index contributed by atoms with van der Waals surface area (Å²) in [7, 11) is 0. The first-order valence-electron chi connectivity index (χ1n) is 7.01. The van der Waals surface area contributed by atoms with Crippen LogP contribution in [0.2, 0.25) is 5.02 Å². The number of ether oxygens (including phenoxy) is 3. The van der Waals surface area contributed by atoms with Crippen molar-refractivity contribution in [3.63, 3.8) is 0 Å². The minimum Gasteiger partial charge on any atom is -0.483 e. The molecular formula is C14H17ClFNO5. The van der Waals surface area contributed by atoms with E-state index in [-0.39, 0.29) is 30.4 Å². The van der Waals surface area contributed by atoms with Gasteiger partial charge < -0.3 is 14.2 Å². The molecule has 0 amide bonds. The molecule has 1 saturated heterocycles. The zero-order chi connectivity index (χ0) is 16.1. The fourth-order valence-electron chi connectivity index (χ4n) is 2.12. The van der Waals surface area contributed by atoms with Crippen LogP contribution in [0.15, 0.2) is 12.1 Å². The van der Waals surface area contributed by atoms with Crippen LogP contribution < -0.4 is 4.74 Å². The highest BCUT2D eigenvalue weighted by atomic mass is 35.5. The fraction of sp³-hybridized carbons (Fsp3) is 0.571. The van der Waals surface area contributed by atoms with Gasteiger partial charge >= 0.3 is 5.69 Å². The molecule has 22 heavy (non-hydrogen) atoms. The molecule has 0 N–H and O–H groups in total. The number of benzene rings is 1. The van der Waals surface area contributed by atoms with Gasteiger partial charge in [0.1, 0.15) is 17.4 Å². The molecule has 2 atom stereocenters. The fourth-order valence-corrected chi connectivity index (χ4v) is 2.33. The second-order valence-corrected chi connectivity index (χ2v) is 5.40. The molecule has 1 unspecified atom stereocenters. The molecule has 0 saturated carbocycles. The Kier molecular flexibility index (Phi) is 5.93. The largest absolute Gasteiger partial charge is 0.483 e. The lowest BCUT2D eigenvalue weighted by Crippen LogP contribution is -2.29. The summed E-state index contributed by atoms with van der Waals surface area (Å²) in [5.74, 6) is -1.06. The second-order valence-electron chi connectivity index (χ2n) is 5.02. The molecule has 6 nitrogen and oxygen atoms in total. The molecule has 1 fully saturated rings. The number of rotatable bonds is 6. The van der Waals surface area contributed by atoms with Crippen molar-refractivity contribution in [2.24, 2.45) is 0 Å². The first-order valence-corrected chi connectivity index (χ1v) is 7.39. The van der Waals surface area contributed by atoms with Crippen molar-refractivity contribution in [1.29, 1.82) is 0 Å². The van der Waals surface area contributed by atoms with Crippen LogP contribution in [-0.2, 0) is 9.47 Å². The van der Waals surface area contributed by atoms with Crippen molar-refractivity contribution in [3.05, 3.63) is 33.1 Å². The Balaban J connectivity index is 1.98. The third-order valence-electron chi connectivity index (χ3n) is 3.21. The second kappa shape index (κ2) is 7.71. The first kappa shape index (κ1) is 16.9. The molecule has 1 aromatic rings. The quantitative estimate of drug-likeness (QED) is 0.586. The van der Waals surface area contributed by atoms with Crippen LogP contribution in [-0.4, -0.2) is 30.5 Å². The van der Waals surface area contributed by atoms with E-state index in [1.807, 2.05) is 0 Å². The van der Waals surface area contributed by atoms with Crippen LogP contribution in [0.4, 0.5) is 10.1 Å². The Morgan fingerprint density at radius 2 is 2.32 bits per heavy atom. The number of nitrogens with zero attached hydrogens (tertiary/aromatic N) is 1. The van der Waals surface area contributed by atoms with Crippen molar-refractivity contribution >= 4 is 17.3 Å². The Bertz CT molecular complexity index is 536. The number of hydrogen-bond acceptors (Lipinski definition) is 5. The van der Waals surface area contributed by atoms with E-state index in [0.29, 0.717) is 6.61 Å². The van der Waals surface area contributed by atoms with Crippen LogP contribution in [0, 0.1) is 15.9 Å². The van der Waals surface area contributed by atoms with Crippen molar-refractivity contribution in [2.45, 2.75) is 38.6 Å². The lowest BCUT2D eigenvalue weighted by Gasteiger charge is -2.26. The molecule has 1 aliphatic heterocycles. The van der Waals surface area contributed by atoms with Gasteiger partial charge in [-0.15, -0.1) is 0 Å². The molecule has 1 aliphatic rings. The third kappa shape index (κ3) is 4.28. The SMILES string of the molecule is C[C@@H](COc1c([N+](=O)[O-])ccc(F)c1Cl)OC1CCCCO1. The maximum Gasteiger partial charge on any atom is 0.312 e. The van der Waals surface area contributed by atoms with E-state index < -0.39 is 15.8 Å². The molecular weight excluding hydrogens is 317 g/mol. The Morgan fingerprint density at radius 3 is 2.95 bits per heavy atom. The van der Waals surface area contributed by atoms with Gasteiger partial charge in [0.15, 0.2) is 6.29 Å². The van der Waals surface area contributed by atoms with Gasteiger partial charge in [0.2, 0.25) is 5.75 Å². The maximum atomic E-state index is 13.4. The van der Waals surface area contributed by atoms with Crippen LogP contribution in [0.3, 0.4) is 0 Å². The monoisotopic (exact) mass is 333 g/mol. The maximum absolute atomic E-state index is 13.4. The van der Waals surface area contributed by atoms with Gasteiger partial charge in [-0.1, -0.05) is 11.6 Å². The Morgan fingerprint density at radius 1 is 1.55 bits per heavy atom. The highest BCUT2D eigenvalue weighted by molar-refractivity contribution is 6.32. The molecule has 0 aliphatic carbocycles. The van der Waals surface area contributed by atoms with E-state index in [0.717, 1.165) is 31.4 Å². The summed E-state index contributed by atoms with van der Waals surface area (Å²) in [6.07, 6.45) is 2.16. The standard InChI is InChI=1S/C14H17ClFNO5/c1-9(22-12-4-2-3-7-20-12)8-21-14-11(17(18)19)6-5-10(16)13(14)15/h5-6,9,12H,2-4,7-8H2,1H3/t9-,12?/m0/s1. The number of hydrogen-bond donors (Lipinski definition) is 0. The number of halogens is 2. The van der Waals surface area contributed by atoms with E-state index >= 15 is 0 Å². The Hall–Kier alpha value is -1.44. The zero-order valence-corrected chi connectivity index (χ0v) is 12.8. The van der Waals surface area contributed by atoms with Crippen molar-refractivity contribution in [2.75, 3.05) is 13.2 Å². The molecule has 1 aromatic carbocycles. The topological polar surface area (TPSA) is 70.8 Å². The molecule has 0 aromatic heterocycles. The van der Waals surface area contributed by atoms with E-state index in [9.17, 15) is 14.5 Å². The van der Waals surface area contributed by atoms with E-state index in [1.54, 1.807) is 6.92 Å². The minimum absolute atomic E-state index is 0.00384. The molecule has 0 bridgehead atoms. The minimum atomic E-state index is -0.772. The van der Waals surface area contributed by atoms with Gasteiger partial charge in [0.05, 0.1) is 11.0 Å². The highest BCUT2D eigenvalue weighted by Gasteiger charge is 2.23. The predicted molar refractivity (Wildman–Crippen MR) is 77.7 cm³/mol. The van der Waals surface area contributed by atoms with Crippen molar-refractivity contribution < 1.29 is 23.5 Å². The number of nitro groups is 1. The van der Waals surface area contributed by atoms with E-state index in [4.69, 9.17) is 25.8 Å². The van der Waals surface area contributed by atoms with Gasteiger partial charge in [-0.25, -0.2) is 4.39 Å². The summed E-state index contributed by atoms with van der Waals surface area (Å²) >= 11 is 5.75. The Labute approximate surface area is 132 Å². The molecule has 0 spiro atoms. The predicted octanol–water partition coefficient (Wildman–Crippen LogP) is 3.70. The number of nitro benzene ring substituents is 1. The first-order chi connectivity index (χ1) is 10.5. The van der Waals surface area contributed by atoms with Gasteiger partial charge in [0, 0.05) is 12.7 Å². The van der Waals surface area contributed by atoms with Crippen LogP contribution in [0.1, 0.15) is 26.2 Å². The van der Waals surface area contributed by atoms with Gasteiger partial charge in [-0.2, -0.15) is 0 Å². The summed E-state index contributed by atoms with van der Waals surface area (Å²) in [5.41, 5.74) is -0.382. The normalized spacial score (nSPS) is 19.7. The molecule has 122 valence electrons. The zero-order valence-electron chi connectivity index (χ0n) is 12.1. The van der Waals surface area contributed by atoms with Crippen molar-refractivity contribution in [3.8, 4) is 5.75 Å². The van der Waals surface area contributed by atoms with Gasteiger partial charge in [-0.05, 0) is 32.3 Å². The average molecular weight is 334 g/mol. The lowest BCUT2D eigenvalue weighted by molar-refractivity contribution is -0.386. The van der Waals surface area contributed by atoms with E-state index in [1.165, 1.54) is 0 Å². The van der Waals surface area contributed by atoms with Crippen LogP contribution >= 0.6 is 11.6 Å². The van der Waals surface area contributed by atoms with E-state index in [2.05, 4.69) is 0 Å². The van der Waals surface area contributed by atoms with Crippen LogP contribution in [0.5, 0.6) is 5.75 Å². The molecule has 8 heteroatoms.